The van der Waals surface area contributed by atoms with Gasteiger partial charge in [-0.25, -0.2) is 4.39 Å². The molecule has 1 atom stereocenters. The molecule has 3 nitrogen and oxygen atoms in total. The van der Waals surface area contributed by atoms with E-state index in [2.05, 4.69) is 9.88 Å². The molecule has 0 saturated heterocycles. The van der Waals surface area contributed by atoms with E-state index in [0.29, 0.717) is 6.42 Å². The van der Waals surface area contributed by atoms with E-state index < -0.39 is 0 Å². The number of benzene rings is 1. The maximum Gasteiger partial charge on any atom is 0.123 e. The Labute approximate surface area is 125 Å². The number of likely N-dealkylation sites (N-methyl/N-ethyl adjacent to an activating group) is 1. The molecule has 1 aromatic heterocycles. The highest BCUT2D eigenvalue weighted by molar-refractivity contribution is 5.53. The third-order valence-electron chi connectivity index (χ3n) is 3.42. The molecule has 2 aromatic rings. The van der Waals surface area contributed by atoms with Crippen LogP contribution in [-0.4, -0.2) is 24.6 Å². The monoisotopic (exact) mass is 287 g/mol. The number of hydrogen-bond donors (Lipinski definition) is 1. The van der Waals surface area contributed by atoms with Crippen LogP contribution >= 0.6 is 0 Å². The lowest BCUT2D eigenvalue weighted by atomic mass is 10.0. The average molecular weight is 287 g/mol. The third kappa shape index (κ3) is 4.53. The van der Waals surface area contributed by atoms with Gasteiger partial charge < -0.3 is 10.6 Å². The van der Waals surface area contributed by atoms with Gasteiger partial charge in [0.2, 0.25) is 0 Å². The molecule has 2 rings (SSSR count). The summed E-state index contributed by atoms with van der Waals surface area (Å²) in [6.45, 7) is 2.76. The van der Waals surface area contributed by atoms with Crippen molar-refractivity contribution in [3.63, 3.8) is 0 Å². The molecule has 4 heteroatoms. The van der Waals surface area contributed by atoms with E-state index in [1.54, 1.807) is 12.3 Å². The van der Waals surface area contributed by atoms with E-state index in [1.807, 2.05) is 38.2 Å². The first-order valence-corrected chi connectivity index (χ1v) is 7.21. The first-order chi connectivity index (χ1) is 10.1. The van der Waals surface area contributed by atoms with E-state index in [9.17, 15) is 4.39 Å². The minimum atomic E-state index is -0.215. The van der Waals surface area contributed by atoms with Crippen LogP contribution in [0.3, 0.4) is 0 Å². The van der Waals surface area contributed by atoms with Crippen LogP contribution in [0, 0.1) is 5.82 Å². The molecule has 0 bridgehead atoms. The maximum absolute atomic E-state index is 13.4. The van der Waals surface area contributed by atoms with Crippen molar-refractivity contribution in [2.45, 2.75) is 25.8 Å². The van der Waals surface area contributed by atoms with Gasteiger partial charge in [-0.05, 0) is 49.2 Å². The number of anilines is 1. The smallest absolute Gasteiger partial charge is 0.123 e. The molecule has 0 saturated carbocycles. The zero-order valence-electron chi connectivity index (χ0n) is 12.6. The molecule has 1 aromatic carbocycles. The molecule has 1 unspecified atom stereocenters. The SMILES string of the molecule is CC(N)Cc1cc(F)ccc1N(C)CCc1ccccn1. The van der Waals surface area contributed by atoms with Crippen molar-refractivity contribution in [2.75, 3.05) is 18.5 Å². The van der Waals surface area contributed by atoms with Gasteiger partial charge in [-0.3, -0.25) is 4.98 Å². The van der Waals surface area contributed by atoms with Crippen LogP contribution in [0.25, 0.3) is 0 Å². The Morgan fingerprint density at radius 3 is 2.76 bits per heavy atom. The summed E-state index contributed by atoms with van der Waals surface area (Å²) < 4.78 is 13.4. The van der Waals surface area contributed by atoms with Crippen molar-refractivity contribution in [1.82, 2.24) is 4.98 Å². The minimum Gasteiger partial charge on any atom is -0.374 e. The summed E-state index contributed by atoms with van der Waals surface area (Å²) in [4.78, 5) is 6.45. The van der Waals surface area contributed by atoms with Crippen LogP contribution in [0.15, 0.2) is 42.6 Å². The van der Waals surface area contributed by atoms with Gasteiger partial charge in [0.25, 0.3) is 0 Å². The van der Waals surface area contributed by atoms with E-state index in [-0.39, 0.29) is 11.9 Å². The number of nitrogens with two attached hydrogens (primary N) is 1. The third-order valence-corrected chi connectivity index (χ3v) is 3.42. The van der Waals surface area contributed by atoms with Crippen LogP contribution < -0.4 is 10.6 Å². The minimum absolute atomic E-state index is 0.00902. The molecular formula is C17H22FN3. The molecule has 0 aliphatic carbocycles. The van der Waals surface area contributed by atoms with Crippen LogP contribution in [0.5, 0.6) is 0 Å². The summed E-state index contributed by atoms with van der Waals surface area (Å²) in [6, 6.07) is 10.8. The molecule has 1 heterocycles. The van der Waals surface area contributed by atoms with Crippen LogP contribution in [-0.2, 0) is 12.8 Å². The number of halogens is 1. The van der Waals surface area contributed by atoms with Crippen LogP contribution in [0.1, 0.15) is 18.2 Å². The molecular weight excluding hydrogens is 265 g/mol. The molecule has 0 fully saturated rings. The lowest BCUT2D eigenvalue weighted by Gasteiger charge is -2.23. The van der Waals surface area contributed by atoms with Crippen LogP contribution in [0.4, 0.5) is 10.1 Å². The molecule has 0 amide bonds. The first kappa shape index (κ1) is 15.4. The van der Waals surface area contributed by atoms with E-state index in [0.717, 1.165) is 29.9 Å². The van der Waals surface area contributed by atoms with Gasteiger partial charge in [-0.15, -0.1) is 0 Å². The van der Waals surface area contributed by atoms with Gasteiger partial charge in [0.05, 0.1) is 0 Å². The van der Waals surface area contributed by atoms with Gasteiger partial charge in [0.1, 0.15) is 5.82 Å². The zero-order chi connectivity index (χ0) is 15.2. The van der Waals surface area contributed by atoms with Gasteiger partial charge in [-0.2, -0.15) is 0 Å². The molecule has 2 N–H and O–H groups in total. The molecule has 21 heavy (non-hydrogen) atoms. The molecule has 0 aliphatic heterocycles. The Morgan fingerprint density at radius 2 is 2.10 bits per heavy atom. The summed E-state index contributed by atoms with van der Waals surface area (Å²) in [7, 11) is 2.01. The van der Waals surface area contributed by atoms with Crippen molar-refractivity contribution < 1.29 is 4.39 Å². The van der Waals surface area contributed by atoms with Crippen molar-refractivity contribution in [1.29, 1.82) is 0 Å². The van der Waals surface area contributed by atoms with Crippen molar-refractivity contribution in [3.8, 4) is 0 Å². The predicted molar refractivity (Wildman–Crippen MR) is 85.0 cm³/mol. The Balaban J connectivity index is 2.09. The second kappa shape index (κ2) is 7.18. The summed E-state index contributed by atoms with van der Waals surface area (Å²) in [5.74, 6) is -0.215. The highest BCUT2D eigenvalue weighted by Gasteiger charge is 2.10. The Hall–Kier alpha value is -1.94. The van der Waals surface area contributed by atoms with Gasteiger partial charge in [0.15, 0.2) is 0 Å². The normalized spacial score (nSPS) is 12.2. The van der Waals surface area contributed by atoms with E-state index in [4.69, 9.17) is 5.73 Å². The number of nitrogens with zero attached hydrogens (tertiary/aromatic N) is 2. The highest BCUT2D eigenvalue weighted by Crippen LogP contribution is 2.22. The number of rotatable bonds is 6. The van der Waals surface area contributed by atoms with Crippen LogP contribution in [0.2, 0.25) is 0 Å². The van der Waals surface area contributed by atoms with Gasteiger partial charge in [0, 0.05) is 43.6 Å². The predicted octanol–water partition coefficient (Wildman–Crippen LogP) is 2.79. The maximum atomic E-state index is 13.4. The summed E-state index contributed by atoms with van der Waals surface area (Å²) >= 11 is 0. The van der Waals surface area contributed by atoms with E-state index in [1.165, 1.54) is 6.07 Å². The van der Waals surface area contributed by atoms with Crippen molar-refractivity contribution >= 4 is 5.69 Å². The fraction of sp³-hybridized carbons (Fsp3) is 0.353. The molecule has 0 aliphatic rings. The number of hydrogen-bond acceptors (Lipinski definition) is 3. The largest absolute Gasteiger partial charge is 0.374 e. The lowest BCUT2D eigenvalue weighted by molar-refractivity contribution is 0.622. The topological polar surface area (TPSA) is 42.1 Å². The lowest BCUT2D eigenvalue weighted by Crippen LogP contribution is -2.24. The van der Waals surface area contributed by atoms with E-state index >= 15 is 0 Å². The summed E-state index contributed by atoms with van der Waals surface area (Å²) in [5.41, 5.74) is 8.90. The second-order valence-electron chi connectivity index (χ2n) is 5.45. The van der Waals surface area contributed by atoms with Crippen molar-refractivity contribution in [2.24, 2.45) is 5.73 Å². The zero-order valence-corrected chi connectivity index (χ0v) is 12.6. The summed E-state index contributed by atoms with van der Waals surface area (Å²) in [6.07, 6.45) is 3.32. The second-order valence-corrected chi connectivity index (χ2v) is 5.45. The fourth-order valence-corrected chi connectivity index (χ4v) is 2.39. The summed E-state index contributed by atoms with van der Waals surface area (Å²) in [5, 5.41) is 0. The van der Waals surface area contributed by atoms with Gasteiger partial charge in [-0.1, -0.05) is 6.07 Å². The number of pyridine rings is 1. The Kier molecular flexibility index (Phi) is 5.28. The molecule has 0 spiro atoms. The fourth-order valence-electron chi connectivity index (χ4n) is 2.39. The quantitative estimate of drug-likeness (QED) is 0.888. The molecule has 112 valence electrons. The Morgan fingerprint density at radius 1 is 1.29 bits per heavy atom. The Bertz CT molecular complexity index is 570. The highest BCUT2D eigenvalue weighted by atomic mass is 19.1. The first-order valence-electron chi connectivity index (χ1n) is 7.21. The molecule has 0 radical (unpaired) electrons. The van der Waals surface area contributed by atoms with Crippen molar-refractivity contribution in [3.05, 3.63) is 59.7 Å². The number of aromatic nitrogens is 1. The standard InChI is InChI=1S/C17H22FN3/c1-13(19)11-14-12-15(18)6-7-17(14)21(2)10-8-16-5-3-4-9-20-16/h3-7,9,12-13H,8,10-11,19H2,1-2H3. The average Bonchev–Trinajstić information content (AvgIpc) is 2.45. The van der Waals surface area contributed by atoms with Gasteiger partial charge >= 0.3 is 0 Å².